The molecular formula is C20H29N. The summed E-state index contributed by atoms with van der Waals surface area (Å²) in [7, 11) is 0. The molecule has 1 aromatic rings. The van der Waals surface area contributed by atoms with Gasteiger partial charge in [-0.1, -0.05) is 62.2 Å². The van der Waals surface area contributed by atoms with Crippen LogP contribution in [0.1, 0.15) is 57.9 Å². The van der Waals surface area contributed by atoms with Gasteiger partial charge in [-0.05, 0) is 43.6 Å². The zero-order valence-corrected chi connectivity index (χ0v) is 13.6. The highest BCUT2D eigenvalue weighted by Crippen LogP contribution is 2.37. The summed E-state index contributed by atoms with van der Waals surface area (Å²) in [6.45, 7) is 5.80. The molecule has 3 rings (SSSR count). The van der Waals surface area contributed by atoms with Crippen molar-refractivity contribution in [2.75, 3.05) is 0 Å². The van der Waals surface area contributed by atoms with Gasteiger partial charge in [0.2, 0.25) is 0 Å². The molecule has 1 saturated heterocycles. The van der Waals surface area contributed by atoms with E-state index in [4.69, 9.17) is 0 Å². The summed E-state index contributed by atoms with van der Waals surface area (Å²) in [5, 5.41) is 0. The van der Waals surface area contributed by atoms with Crippen molar-refractivity contribution in [1.82, 2.24) is 4.90 Å². The fourth-order valence-electron chi connectivity index (χ4n) is 3.97. The first kappa shape index (κ1) is 14.8. The molecule has 1 nitrogen and oxygen atoms in total. The van der Waals surface area contributed by atoms with Crippen LogP contribution in [0.3, 0.4) is 0 Å². The molecule has 2 aliphatic rings. The molecule has 0 amide bonds. The van der Waals surface area contributed by atoms with Gasteiger partial charge in [-0.2, -0.15) is 0 Å². The third-order valence-corrected chi connectivity index (χ3v) is 5.10. The second-order valence-corrected chi connectivity index (χ2v) is 7.27. The van der Waals surface area contributed by atoms with Gasteiger partial charge in [0.1, 0.15) is 0 Å². The first-order valence-electron chi connectivity index (χ1n) is 8.71. The predicted molar refractivity (Wildman–Crippen MR) is 90.2 cm³/mol. The van der Waals surface area contributed by atoms with E-state index in [2.05, 4.69) is 55.2 Å². The van der Waals surface area contributed by atoms with Crippen molar-refractivity contribution in [3.8, 4) is 0 Å². The molecule has 0 aromatic heterocycles. The molecule has 2 unspecified atom stereocenters. The summed E-state index contributed by atoms with van der Waals surface area (Å²) < 4.78 is 0. The van der Waals surface area contributed by atoms with Crippen molar-refractivity contribution in [1.29, 1.82) is 0 Å². The summed E-state index contributed by atoms with van der Waals surface area (Å²) in [5.41, 5.74) is 3.21. The van der Waals surface area contributed by atoms with Crippen LogP contribution < -0.4 is 0 Å². The van der Waals surface area contributed by atoms with Gasteiger partial charge in [-0.3, -0.25) is 4.90 Å². The van der Waals surface area contributed by atoms with E-state index >= 15 is 0 Å². The standard InChI is InChI=1S/C20H29N/c1-16(2)7-6-10-18-13-19-11-12-20(14-18)21(19)15-17-8-4-3-5-9-17/h3-5,8-9,13,16,19-20H,6-7,10-12,14-15H2,1-2H3. The lowest BCUT2D eigenvalue weighted by Crippen LogP contribution is -2.37. The minimum absolute atomic E-state index is 0.706. The molecule has 2 heterocycles. The van der Waals surface area contributed by atoms with Crippen molar-refractivity contribution in [2.24, 2.45) is 5.92 Å². The van der Waals surface area contributed by atoms with Crippen molar-refractivity contribution in [3.63, 3.8) is 0 Å². The highest BCUT2D eigenvalue weighted by molar-refractivity contribution is 5.21. The van der Waals surface area contributed by atoms with E-state index in [0.717, 1.165) is 18.5 Å². The van der Waals surface area contributed by atoms with Crippen LogP contribution in [-0.2, 0) is 6.54 Å². The van der Waals surface area contributed by atoms with Crippen molar-refractivity contribution in [3.05, 3.63) is 47.5 Å². The molecule has 0 saturated carbocycles. The quantitative estimate of drug-likeness (QED) is 0.650. The zero-order valence-electron chi connectivity index (χ0n) is 13.6. The largest absolute Gasteiger partial charge is 0.289 e. The Bertz CT molecular complexity index is 474. The Balaban J connectivity index is 1.59. The maximum Gasteiger partial charge on any atom is 0.0288 e. The molecule has 1 aromatic carbocycles. The molecule has 0 aliphatic carbocycles. The zero-order chi connectivity index (χ0) is 14.7. The Hall–Kier alpha value is -1.08. The Kier molecular flexibility index (Phi) is 4.80. The first-order valence-corrected chi connectivity index (χ1v) is 8.71. The third-order valence-electron chi connectivity index (χ3n) is 5.10. The fourth-order valence-corrected chi connectivity index (χ4v) is 3.97. The smallest absolute Gasteiger partial charge is 0.0288 e. The number of nitrogens with zero attached hydrogens (tertiary/aromatic N) is 1. The maximum absolute atomic E-state index is 2.74. The summed E-state index contributed by atoms with van der Waals surface area (Å²) in [6.07, 6.45) is 10.8. The number of rotatable bonds is 6. The molecule has 1 fully saturated rings. The van der Waals surface area contributed by atoms with E-state index < -0.39 is 0 Å². The molecule has 0 spiro atoms. The molecule has 0 radical (unpaired) electrons. The minimum atomic E-state index is 0.706. The van der Waals surface area contributed by atoms with Crippen LogP contribution in [0.5, 0.6) is 0 Å². The van der Waals surface area contributed by atoms with Crippen LogP contribution >= 0.6 is 0 Å². The SMILES string of the molecule is CC(C)CCCC1=CC2CCC(C1)N2Cc1ccccc1. The molecule has 21 heavy (non-hydrogen) atoms. The van der Waals surface area contributed by atoms with E-state index in [0.29, 0.717) is 6.04 Å². The van der Waals surface area contributed by atoms with Crippen LogP contribution in [0.15, 0.2) is 42.0 Å². The lowest BCUT2D eigenvalue weighted by molar-refractivity contribution is 0.194. The van der Waals surface area contributed by atoms with E-state index in [1.54, 1.807) is 5.57 Å². The Morgan fingerprint density at radius 3 is 2.67 bits per heavy atom. The third kappa shape index (κ3) is 3.77. The number of hydrogen-bond acceptors (Lipinski definition) is 1. The van der Waals surface area contributed by atoms with E-state index in [-0.39, 0.29) is 0 Å². The topological polar surface area (TPSA) is 3.24 Å². The van der Waals surface area contributed by atoms with Gasteiger partial charge < -0.3 is 0 Å². The average Bonchev–Trinajstić information content (AvgIpc) is 2.71. The lowest BCUT2D eigenvalue weighted by Gasteiger charge is -2.34. The van der Waals surface area contributed by atoms with Gasteiger partial charge in [-0.15, -0.1) is 0 Å². The van der Waals surface area contributed by atoms with Crippen molar-refractivity contribution >= 4 is 0 Å². The van der Waals surface area contributed by atoms with Gasteiger partial charge in [-0.25, -0.2) is 0 Å². The first-order chi connectivity index (χ1) is 10.2. The molecule has 0 N–H and O–H groups in total. The summed E-state index contributed by atoms with van der Waals surface area (Å²) in [6, 6.07) is 12.5. The van der Waals surface area contributed by atoms with Crippen LogP contribution in [0.25, 0.3) is 0 Å². The van der Waals surface area contributed by atoms with Gasteiger partial charge in [0.25, 0.3) is 0 Å². The van der Waals surface area contributed by atoms with Crippen molar-refractivity contribution in [2.45, 2.75) is 71.0 Å². The van der Waals surface area contributed by atoms with Crippen LogP contribution in [0.2, 0.25) is 0 Å². The van der Waals surface area contributed by atoms with Crippen LogP contribution in [0, 0.1) is 5.92 Å². The second-order valence-electron chi connectivity index (χ2n) is 7.27. The maximum atomic E-state index is 2.74. The normalized spacial score (nSPS) is 25.4. The Morgan fingerprint density at radius 1 is 1.14 bits per heavy atom. The predicted octanol–water partition coefficient (Wildman–Crippen LogP) is 5.18. The van der Waals surface area contributed by atoms with Gasteiger partial charge >= 0.3 is 0 Å². The van der Waals surface area contributed by atoms with Gasteiger partial charge in [0.15, 0.2) is 0 Å². The number of fused-ring (bicyclic) bond motifs is 2. The molecule has 2 aliphatic heterocycles. The average molecular weight is 283 g/mol. The van der Waals surface area contributed by atoms with E-state index in [9.17, 15) is 0 Å². The summed E-state index contributed by atoms with van der Waals surface area (Å²) in [5.74, 6) is 0.848. The molecule has 114 valence electrons. The van der Waals surface area contributed by atoms with Crippen LogP contribution in [-0.4, -0.2) is 17.0 Å². The van der Waals surface area contributed by atoms with Crippen molar-refractivity contribution < 1.29 is 0 Å². The minimum Gasteiger partial charge on any atom is -0.289 e. The number of hydrogen-bond donors (Lipinski definition) is 0. The van der Waals surface area contributed by atoms with Gasteiger partial charge in [0.05, 0.1) is 0 Å². The monoisotopic (exact) mass is 283 g/mol. The van der Waals surface area contributed by atoms with E-state index in [1.165, 1.54) is 44.1 Å². The van der Waals surface area contributed by atoms with Gasteiger partial charge in [0, 0.05) is 18.6 Å². The molecule has 2 bridgehead atoms. The summed E-state index contributed by atoms with van der Waals surface area (Å²) >= 11 is 0. The number of benzene rings is 1. The second kappa shape index (κ2) is 6.79. The highest BCUT2D eigenvalue weighted by atomic mass is 15.2. The molecule has 2 atom stereocenters. The lowest BCUT2D eigenvalue weighted by atomic mass is 9.94. The van der Waals surface area contributed by atoms with E-state index in [1.807, 2.05) is 0 Å². The fraction of sp³-hybridized carbons (Fsp3) is 0.600. The molecular weight excluding hydrogens is 254 g/mol. The Morgan fingerprint density at radius 2 is 1.95 bits per heavy atom. The highest BCUT2D eigenvalue weighted by Gasteiger charge is 2.35. The summed E-state index contributed by atoms with van der Waals surface area (Å²) in [4.78, 5) is 2.74. The van der Waals surface area contributed by atoms with Crippen LogP contribution in [0.4, 0.5) is 0 Å². The molecule has 1 heteroatoms. The Labute approximate surface area is 130 Å².